The summed E-state index contributed by atoms with van der Waals surface area (Å²) >= 11 is 0. The van der Waals surface area contributed by atoms with E-state index < -0.39 is 0 Å². The van der Waals surface area contributed by atoms with Crippen LogP contribution in [0.5, 0.6) is 0 Å². The molecular formula is C20H32Cl2N4O. The van der Waals surface area contributed by atoms with Gasteiger partial charge in [-0.25, -0.2) is 0 Å². The molecule has 4 rings (SSSR count). The first-order valence-corrected chi connectivity index (χ1v) is 9.71. The van der Waals surface area contributed by atoms with Crippen LogP contribution < -0.4 is 5.73 Å². The minimum atomic E-state index is 0. The number of nitrogens with zero attached hydrogens (tertiary/aromatic N) is 3. The maximum atomic E-state index is 12.7. The highest BCUT2D eigenvalue weighted by atomic mass is 35.5. The molecule has 0 bridgehead atoms. The van der Waals surface area contributed by atoms with Crippen LogP contribution in [0.25, 0.3) is 0 Å². The minimum Gasteiger partial charge on any atom is -0.341 e. The average Bonchev–Trinajstić information content (AvgIpc) is 3.20. The van der Waals surface area contributed by atoms with Crippen LogP contribution in [0.2, 0.25) is 0 Å². The lowest BCUT2D eigenvalue weighted by atomic mass is 9.98. The normalized spacial score (nSPS) is 28.3. The number of piperazine rings is 1. The molecule has 7 heteroatoms. The Hall–Kier alpha value is -0.850. The number of carbonyl (C=O) groups excluding carboxylic acids is 1. The van der Waals surface area contributed by atoms with Gasteiger partial charge in [0.25, 0.3) is 0 Å². The third-order valence-corrected chi connectivity index (χ3v) is 6.34. The molecular weight excluding hydrogens is 383 g/mol. The van der Waals surface area contributed by atoms with Crippen molar-refractivity contribution in [2.45, 2.75) is 25.4 Å². The van der Waals surface area contributed by atoms with Crippen LogP contribution >= 0.6 is 24.8 Å². The van der Waals surface area contributed by atoms with Crippen molar-refractivity contribution in [2.24, 2.45) is 17.6 Å². The molecule has 1 aromatic rings. The average molecular weight is 415 g/mol. The zero-order chi connectivity index (χ0) is 17.2. The molecule has 5 nitrogen and oxygen atoms in total. The Bertz CT molecular complexity index is 595. The second kappa shape index (κ2) is 10.1. The summed E-state index contributed by atoms with van der Waals surface area (Å²) in [6, 6.07) is 10.9. The molecule has 2 N–H and O–H groups in total. The van der Waals surface area contributed by atoms with E-state index >= 15 is 0 Å². The van der Waals surface area contributed by atoms with Crippen LogP contribution in [-0.4, -0.2) is 72.5 Å². The Morgan fingerprint density at radius 3 is 2.30 bits per heavy atom. The number of halogens is 2. The van der Waals surface area contributed by atoms with Gasteiger partial charge in [0.1, 0.15) is 0 Å². The topological polar surface area (TPSA) is 52.8 Å². The Labute approximate surface area is 175 Å². The minimum absolute atomic E-state index is 0. The van der Waals surface area contributed by atoms with Crippen LogP contribution in [0, 0.1) is 11.8 Å². The molecule has 1 aliphatic carbocycles. The number of rotatable bonds is 4. The second-order valence-corrected chi connectivity index (χ2v) is 8.00. The van der Waals surface area contributed by atoms with Crippen molar-refractivity contribution in [1.29, 1.82) is 0 Å². The fourth-order valence-corrected chi connectivity index (χ4v) is 4.75. The Balaban J connectivity index is 0.00000131. The lowest BCUT2D eigenvalue weighted by Crippen LogP contribution is -2.49. The van der Waals surface area contributed by atoms with Gasteiger partial charge >= 0.3 is 0 Å². The molecule has 1 amide bonds. The molecule has 3 unspecified atom stereocenters. The van der Waals surface area contributed by atoms with Gasteiger partial charge in [-0.3, -0.25) is 14.6 Å². The number of hydrogen-bond donors (Lipinski definition) is 1. The van der Waals surface area contributed by atoms with E-state index in [1.807, 2.05) is 0 Å². The first-order chi connectivity index (χ1) is 12.2. The lowest BCUT2D eigenvalue weighted by molar-refractivity contribution is -0.132. The van der Waals surface area contributed by atoms with Crippen molar-refractivity contribution in [3.63, 3.8) is 0 Å². The Morgan fingerprint density at radius 2 is 1.63 bits per heavy atom. The summed E-state index contributed by atoms with van der Waals surface area (Å²) < 4.78 is 0. The fraction of sp³-hybridized carbons (Fsp3) is 0.650. The monoisotopic (exact) mass is 414 g/mol. The second-order valence-electron chi connectivity index (χ2n) is 8.00. The third kappa shape index (κ3) is 5.36. The Morgan fingerprint density at radius 1 is 0.963 bits per heavy atom. The number of hydrogen-bond acceptors (Lipinski definition) is 4. The van der Waals surface area contributed by atoms with Crippen LogP contribution in [0.15, 0.2) is 30.3 Å². The van der Waals surface area contributed by atoms with Gasteiger partial charge in [-0.1, -0.05) is 30.3 Å². The molecule has 1 saturated carbocycles. The van der Waals surface area contributed by atoms with E-state index in [-0.39, 0.29) is 24.8 Å². The zero-order valence-electron chi connectivity index (χ0n) is 15.8. The van der Waals surface area contributed by atoms with E-state index in [9.17, 15) is 4.79 Å². The smallest absolute Gasteiger partial charge is 0.236 e. The van der Waals surface area contributed by atoms with Crippen LogP contribution in [0.1, 0.15) is 18.4 Å². The van der Waals surface area contributed by atoms with Gasteiger partial charge in [0, 0.05) is 51.9 Å². The highest BCUT2D eigenvalue weighted by Gasteiger charge is 2.42. The van der Waals surface area contributed by atoms with Crippen LogP contribution in [0.3, 0.4) is 0 Å². The first-order valence-electron chi connectivity index (χ1n) is 9.71. The summed E-state index contributed by atoms with van der Waals surface area (Å²) in [5.74, 6) is 1.51. The number of fused-ring (bicyclic) bond motifs is 1. The molecule has 3 fully saturated rings. The van der Waals surface area contributed by atoms with Gasteiger partial charge in [0.15, 0.2) is 0 Å². The number of benzene rings is 1. The number of nitrogens with two attached hydrogens (primary N) is 1. The molecule has 27 heavy (non-hydrogen) atoms. The molecule has 0 radical (unpaired) electrons. The lowest BCUT2D eigenvalue weighted by Gasteiger charge is -2.35. The maximum Gasteiger partial charge on any atom is 0.236 e. The molecule has 2 heterocycles. The van der Waals surface area contributed by atoms with E-state index in [0.717, 1.165) is 52.2 Å². The fourth-order valence-electron chi connectivity index (χ4n) is 4.75. The van der Waals surface area contributed by atoms with E-state index in [1.165, 1.54) is 12.0 Å². The van der Waals surface area contributed by atoms with Gasteiger partial charge in [-0.05, 0) is 30.2 Å². The van der Waals surface area contributed by atoms with Gasteiger partial charge in [0.2, 0.25) is 5.91 Å². The van der Waals surface area contributed by atoms with Gasteiger partial charge in [0.05, 0.1) is 6.54 Å². The van der Waals surface area contributed by atoms with Crippen molar-refractivity contribution in [3.8, 4) is 0 Å². The van der Waals surface area contributed by atoms with E-state index in [0.29, 0.717) is 30.3 Å². The maximum absolute atomic E-state index is 12.7. The highest BCUT2D eigenvalue weighted by Crippen LogP contribution is 2.37. The predicted octanol–water partition coefficient (Wildman–Crippen LogP) is 1.84. The summed E-state index contributed by atoms with van der Waals surface area (Å²) in [5.41, 5.74) is 7.56. The van der Waals surface area contributed by atoms with Gasteiger partial charge < -0.3 is 10.6 Å². The van der Waals surface area contributed by atoms with E-state index in [1.54, 1.807) is 0 Å². The molecule has 3 aliphatic rings. The molecule has 0 spiro atoms. The van der Waals surface area contributed by atoms with Crippen molar-refractivity contribution in [2.75, 3.05) is 45.8 Å². The van der Waals surface area contributed by atoms with Crippen molar-refractivity contribution < 1.29 is 4.79 Å². The zero-order valence-corrected chi connectivity index (χ0v) is 17.5. The molecule has 3 atom stereocenters. The summed E-state index contributed by atoms with van der Waals surface area (Å²) in [6.07, 6.45) is 2.34. The van der Waals surface area contributed by atoms with Crippen molar-refractivity contribution in [1.82, 2.24) is 14.7 Å². The predicted molar refractivity (Wildman–Crippen MR) is 113 cm³/mol. The number of likely N-dealkylation sites (tertiary alicyclic amines) is 1. The van der Waals surface area contributed by atoms with E-state index in [4.69, 9.17) is 5.73 Å². The molecule has 2 saturated heterocycles. The molecule has 152 valence electrons. The Kier molecular flexibility index (Phi) is 8.38. The van der Waals surface area contributed by atoms with Crippen LogP contribution in [0.4, 0.5) is 0 Å². The largest absolute Gasteiger partial charge is 0.341 e. The quantitative estimate of drug-likeness (QED) is 0.816. The van der Waals surface area contributed by atoms with Crippen molar-refractivity contribution in [3.05, 3.63) is 35.9 Å². The number of carbonyl (C=O) groups is 1. The SMILES string of the molecule is Cl.Cl.NC1CCC2CN(C(=O)CN3CCN(Cc4ccccc4)CC3)CC12. The first kappa shape index (κ1) is 22.4. The third-order valence-electron chi connectivity index (χ3n) is 6.34. The summed E-state index contributed by atoms with van der Waals surface area (Å²) in [4.78, 5) is 19.5. The van der Waals surface area contributed by atoms with E-state index in [2.05, 4.69) is 45.0 Å². The summed E-state index contributed by atoms with van der Waals surface area (Å²) in [7, 11) is 0. The molecule has 2 aliphatic heterocycles. The standard InChI is InChI=1S/C20H30N4O.2ClH/c21-19-7-6-17-13-24(14-18(17)19)20(25)15-23-10-8-22(9-11-23)12-16-4-2-1-3-5-16;;/h1-5,17-19H,6-15,21H2;2*1H. The summed E-state index contributed by atoms with van der Waals surface area (Å²) in [5, 5.41) is 0. The van der Waals surface area contributed by atoms with Crippen LogP contribution in [-0.2, 0) is 11.3 Å². The van der Waals surface area contributed by atoms with Gasteiger partial charge in [-0.15, -0.1) is 24.8 Å². The van der Waals surface area contributed by atoms with Crippen molar-refractivity contribution >= 4 is 30.7 Å². The molecule has 1 aromatic carbocycles. The summed E-state index contributed by atoms with van der Waals surface area (Å²) in [6.45, 7) is 7.46. The highest BCUT2D eigenvalue weighted by molar-refractivity contribution is 5.85. The number of amides is 1. The molecule has 0 aromatic heterocycles. The van der Waals surface area contributed by atoms with Gasteiger partial charge in [-0.2, -0.15) is 0 Å².